The molecule has 0 atom stereocenters. The average Bonchev–Trinajstić information content (AvgIpc) is 2.66. The standard InChI is InChI=1S/C23H19N/c1-24-20(16-18-10-4-2-5-11-18)17-22(19-12-6-3-7-13-19)21-14-8-9-15-23(21)24/h2-17H,1H3/b20-16+. The predicted molar refractivity (Wildman–Crippen MR) is 103 cm³/mol. The molecule has 3 aromatic rings. The molecule has 0 radical (unpaired) electrons. The Morgan fingerprint density at radius 2 is 1.33 bits per heavy atom. The topological polar surface area (TPSA) is 3.24 Å². The van der Waals surface area contributed by atoms with E-state index >= 15 is 0 Å². The van der Waals surface area contributed by atoms with Crippen LogP contribution in [0.4, 0.5) is 5.69 Å². The molecular formula is C23H19N. The predicted octanol–water partition coefficient (Wildman–Crippen LogP) is 5.61. The Labute approximate surface area is 143 Å². The summed E-state index contributed by atoms with van der Waals surface area (Å²) >= 11 is 0. The Kier molecular flexibility index (Phi) is 3.76. The minimum absolute atomic E-state index is 1.19. The molecule has 1 aliphatic heterocycles. The summed E-state index contributed by atoms with van der Waals surface area (Å²) in [5.41, 5.74) is 7.43. The Hall–Kier alpha value is -3.06. The van der Waals surface area contributed by atoms with Crippen LogP contribution in [0, 0.1) is 0 Å². The molecule has 1 heterocycles. The molecule has 0 aliphatic carbocycles. The van der Waals surface area contributed by atoms with Gasteiger partial charge in [0, 0.05) is 24.0 Å². The maximum atomic E-state index is 2.28. The number of hydrogen-bond acceptors (Lipinski definition) is 1. The number of allylic oxidation sites excluding steroid dienone is 1. The second-order valence-corrected chi connectivity index (χ2v) is 5.98. The molecule has 0 saturated heterocycles. The van der Waals surface area contributed by atoms with Crippen molar-refractivity contribution in [2.24, 2.45) is 0 Å². The van der Waals surface area contributed by atoms with E-state index in [9.17, 15) is 0 Å². The van der Waals surface area contributed by atoms with Gasteiger partial charge < -0.3 is 4.90 Å². The zero-order valence-corrected chi connectivity index (χ0v) is 13.7. The molecule has 1 heteroatoms. The fourth-order valence-corrected chi connectivity index (χ4v) is 3.17. The third-order valence-electron chi connectivity index (χ3n) is 4.43. The van der Waals surface area contributed by atoms with Crippen LogP contribution in [0.1, 0.15) is 16.7 Å². The van der Waals surface area contributed by atoms with Crippen LogP contribution in [0.25, 0.3) is 11.6 Å². The van der Waals surface area contributed by atoms with E-state index in [2.05, 4.69) is 103 Å². The first-order chi connectivity index (χ1) is 11.8. The molecule has 0 aromatic heterocycles. The third kappa shape index (κ3) is 2.65. The molecule has 3 aromatic carbocycles. The van der Waals surface area contributed by atoms with Gasteiger partial charge >= 0.3 is 0 Å². The lowest BCUT2D eigenvalue weighted by Gasteiger charge is -2.30. The maximum Gasteiger partial charge on any atom is 0.0488 e. The molecule has 116 valence electrons. The number of fused-ring (bicyclic) bond motifs is 1. The highest BCUT2D eigenvalue weighted by Gasteiger charge is 2.20. The van der Waals surface area contributed by atoms with E-state index in [1.807, 2.05) is 6.07 Å². The summed E-state index contributed by atoms with van der Waals surface area (Å²) in [5, 5.41) is 0. The van der Waals surface area contributed by atoms with Crippen LogP contribution < -0.4 is 4.90 Å². The van der Waals surface area contributed by atoms with Crippen LogP contribution in [-0.2, 0) is 0 Å². The second kappa shape index (κ2) is 6.21. The molecule has 0 saturated carbocycles. The number of rotatable bonds is 2. The number of para-hydroxylation sites is 1. The molecule has 0 N–H and O–H groups in total. The van der Waals surface area contributed by atoms with Crippen molar-refractivity contribution in [1.82, 2.24) is 0 Å². The smallest absolute Gasteiger partial charge is 0.0488 e. The van der Waals surface area contributed by atoms with E-state index in [4.69, 9.17) is 0 Å². The Morgan fingerprint density at radius 3 is 2.08 bits per heavy atom. The van der Waals surface area contributed by atoms with Crippen molar-refractivity contribution in [2.75, 3.05) is 11.9 Å². The first kappa shape index (κ1) is 14.5. The van der Waals surface area contributed by atoms with E-state index in [1.54, 1.807) is 0 Å². The molecule has 0 amide bonds. The van der Waals surface area contributed by atoms with Gasteiger partial charge in [-0.3, -0.25) is 0 Å². The van der Waals surface area contributed by atoms with Gasteiger partial charge in [-0.15, -0.1) is 0 Å². The van der Waals surface area contributed by atoms with Crippen molar-refractivity contribution in [3.05, 3.63) is 113 Å². The van der Waals surface area contributed by atoms with Crippen LogP contribution >= 0.6 is 0 Å². The fourth-order valence-electron chi connectivity index (χ4n) is 3.17. The molecule has 0 bridgehead atoms. The summed E-state index contributed by atoms with van der Waals surface area (Å²) in [6.07, 6.45) is 4.52. The molecule has 24 heavy (non-hydrogen) atoms. The van der Waals surface area contributed by atoms with Crippen molar-refractivity contribution < 1.29 is 0 Å². The lowest BCUT2D eigenvalue weighted by atomic mass is 9.91. The Balaban J connectivity index is 1.89. The number of anilines is 1. The summed E-state index contributed by atoms with van der Waals surface area (Å²) in [5.74, 6) is 0. The molecule has 4 rings (SSSR count). The lowest BCUT2D eigenvalue weighted by Crippen LogP contribution is -2.20. The number of nitrogens with zero attached hydrogens (tertiary/aromatic N) is 1. The van der Waals surface area contributed by atoms with Gasteiger partial charge in [-0.25, -0.2) is 0 Å². The van der Waals surface area contributed by atoms with Gasteiger partial charge in [-0.2, -0.15) is 0 Å². The van der Waals surface area contributed by atoms with Gasteiger partial charge in [0.25, 0.3) is 0 Å². The molecule has 1 aliphatic rings. The third-order valence-corrected chi connectivity index (χ3v) is 4.43. The van der Waals surface area contributed by atoms with Crippen molar-refractivity contribution in [2.45, 2.75) is 0 Å². The SMILES string of the molecule is CN1/C(=C/c2ccccc2)C=C(c2ccccc2)c2ccccc21. The Morgan fingerprint density at radius 1 is 0.708 bits per heavy atom. The van der Waals surface area contributed by atoms with Crippen LogP contribution in [0.2, 0.25) is 0 Å². The second-order valence-electron chi connectivity index (χ2n) is 5.98. The van der Waals surface area contributed by atoms with Crippen molar-refractivity contribution in [3.63, 3.8) is 0 Å². The van der Waals surface area contributed by atoms with Gasteiger partial charge in [-0.05, 0) is 34.9 Å². The summed E-state index contributed by atoms with van der Waals surface area (Å²) in [6, 6.07) is 29.7. The lowest BCUT2D eigenvalue weighted by molar-refractivity contribution is 1.13. The van der Waals surface area contributed by atoms with Crippen LogP contribution in [0.3, 0.4) is 0 Å². The first-order valence-electron chi connectivity index (χ1n) is 8.20. The van der Waals surface area contributed by atoms with Crippen LogP contribution in [-0.4, -0.2) is 7.05 Å². The molecule has 0 unspecified atom stereocenters. The zero-order valence-electron chi connectivity index (χ0n) is 13.7. The van der Waals surface area contributed by atoms with E-state index < -0.39 is 0 Å². The van der Waals surface area contributed by atoms with E-state index in [0.29, 0.717) is 0 Å². The summed E-state index contributed by atoms with van der Waals surface area (Å²) < 4.78 is 0. The summed E-state index contributed by atoms with van der Waals surface area (Å²) in [6.45, 7) is 0. The van der Waals surface area contributed by atoms with E-state index in [1.165, 1.54) is 33.6 Å². The van der Waals surface area contributed by atoms with Gasteiger partial charge in [0.05, 0.1) is 0 Å². The van der Waals surface area contributed by atoms with Gasteiger partial charge in [0.15, 0.2) is 0 Å². The molecule has 0 spiro atoms. The van der Waals surface area contributed by atoms with Crippen molar-refractivity contribution in [1.29, 1.82) is 0 Å². The van der Waals surface area contributed by atoms with Crippen molar-refractivity contribution in [3.8, 4) is 0 Å². The monoisotopic (exact) mass is 309 g/mol. The number of hydrogen-bond donors (Lipinski definition) is 0. The van der Waals surface area contributed by atoms with Gasteiger partial charge in [0.2, 0.25) is 0 Å². The maximum absolute atomic E-state index is 2.28. The molecular weight excluding hydrogens is 290 g/mol. The molecule has 1 nitrogen and oxygen atoms in total. The minimum Gasteiger partial charge on any atom is -0.344 e. The average molecular weight is 309 g/mol. The van der Waals surface area contributed by atoms with Crippen LogP contribution in [0.15, 0.2) is 96.7 Å². The summed E-state index contributed by atoms with van der Waals surface area (Å²) in [7, 11) is 2.13. The van der Waals surface area contributed by atoms with Gasteiger partial charge in [0.1, 0.15) is 0 Å². The first-order valence-corrected chi connectivity index (χ1v) is 8.20. The van der Waals surface area contributed by atoms with Gasteiger partial charge in [-0.1, -0.05) is 78.9 Å². The quantitative estimate of drug-likeness (QED) is 0.595. The van der Waals surface area contributed by atoms with Crippen LogP contribution in [0.5, 0.6) is 0 Å². The number of likely N-dealkylation sites (N-methyl/N-ethyl adjacent to an activating group) is 1. The molecule has 0 fully saturated rings. The van der Waals surface area contributed by atoms with E-state index in [0.717, 1.165) is 0 Å². The highest BCUT2D eigenvalue weighted by atomic mass is 15.1. The summed E-state index contributed by atoms with van der Waals surface area (Å²) in [4.78, 5) is 2.26. The number of benzene rings is 3. The zero-order chi connectivity index (χ0) is 16.4. The minimum atomic E-state index is 1.19. The highest BCUT2D eigenvalue weighted by Crippen LogP contribution is 2.38. The highest BCUT2D eigenvalue weighted by molar-refractivity contribution is 5.93. The Bertz CT molecular complexity index is 905. The largest absolute Gasteiger partial charge is 0.344 e. The normalized spacial score (nSPS) is 15.1. The van der Waals surface area contributed by atoms with E-state index in [-0.39, 0.29) is 0 Å². The van der Waals surface area contributed by atoms with Crippen molar-refractivity contribution >= 4 is 17.3 Å². The fraction of sp³-hybridized carbons (Fsp3) is 0.0435.